The topological polar surface area (TPSA) is 74.7 Å². The summed E-state index contributed by atoms with van der Waals surface area (Å²) in [6, 6.07) is 5.99. The van der Waals surface area contributed by atoms with E-state index < -0.39 is 21.8 Å². The van der Waals surface area contributed by atoms with Gasteiger partial charge in [0.1, 0.15) is 6.04 Å². The number of benzene rings is 1. The van der Waals surface area contributed by atoms with E-state index in [2.05, 4.69) is 6.92 Å². The van der Waals surface area contributed by atoms with Gasteiger partial charge in [-0.05, 0) is 43.0 Å². The van der Waals surface area contributed by atoms with E-state index in [1.54, 1.807) is 31.2 Å². The zero-order valence-electron chi connectivity index (χ0n) is 12.3. The Morgan fingerprint density at radius 3 is 2.48 bits per heavy atom. The normalized spacial score (nSPS) is 23.0. The average Bonchev–Trinajstić information content (AvgIpc) is 2.47. The molecule has 21 heavy (non-hydrogen) atoms. The number of hydrogen-bond acceptors (Lipinski definition) is 4. The van der Waals surface area contributed by atoms with Gasteiger partial charge in [-0.15, -0.1) is 0 Å². The van der Waals surface area contributed by atoms with Gasteiger partial charge in [-0.25, -0.2) is 13.2 Å². The van der Waals surface area contributed by atoms with E-state index in [1.807, 2.05) is 4.90 Å². The van der Waals surface area contributed by atoms with Crippen molar-refractivity contribution >= 4 is 21.5 Å². The third-order valence-corrected chi connectivity index (χ3v) is 5.81. The molecule has 1 N–H and O–H groups in total. The molecule has 0 aliphatic carbocycles. The van der Waals surface area contributed by atoms with Crippen LogP contribution in [0.1, 0.15) is 26.7 Å². The fourth-order valence-electron chi connectivity index (χ4n) is 2.70. The molecule has 2 unspecified atom stereocenters. The summed E-state index contributed by atoms with van der Waals surface area (Å²) in [7, 11) is -3.22. The summed E-state index contributed by atoms with van der Waals surface area (Å²) in [5, 5.41) is 9.37. The lowest BCUT2D eigenvalue weighted by atomic mass is 9.92. The van der Waals surface area contributed by atoms with Crippen LogP contribution in [0.5, 0.6) is 0 Å². The first-order chi connectivity index (χ1) is 9.85. The number of aliphatic carboxylic acids is 1. The zero-order chi connectivity index (χ0) is 15.6. The first-order valence-electron chi connectivity index (χ1n) is 7.17. The number of carboxylic acids is 1. The van der Waals surface area contributed by atoms with Crippen LogP contribution in [-0.2, 0) is 14.6 Å². The predicted molar refractivity (Wildman–Crippen MR) is 81.3 cm³/mol. The van der Waals surface area contributed by atoms with E-state index >= 15 is 0 Å². The van der Waals surface area contributed by atoms with Crippen molar-refractivity contribution < 1.29 is 18.3 Å². The summed E-state index contributed by atoms with van der Waals surface area (Å²) in [6.07, 6.45) is 1.56. The summed E-state index contributed by atoms with van der Waals surface area (Å²) >= 11 is 0. The number of anilines is 1. The van der Waals surface area contributed by atoms with Crippen LogP contribution in [0.3, 0.4) is 0 Å². The van der Waals surface area contributed by atoms with Crippen molar-refractivity contribution in [2.45, 2.75) is 37.6 Å². The molecule has 1 aliphatic heterocycles. The van der Waals surface area contributed by atoms with Gasteiger partial charge in [-0.3, -0.25) is 0 Å². The summed E-state index contributed by atoms with van der Waals surface area (Å²) in [6.45, 7) is 4.35. The van der Waals surface area contributed by atoms with Crippen molar-refractivity contribution in [2.24, 2.45) is 5.92 Å². The van der Waals surface area contributed by atoms with E-state index in [-0.39, 0.29) is 10.6 Å². The Morgan fingerprint density at radius 1 is 1.33 bits per heavy atom. The summed E-state index contributed by atoms with van der Waals surface area (Å²) in [5.41, 5.74) is 0.768. The lowest BCUT2D eigenvalue weighted by Crippen LogP contribution is -2.47. The number of piperidine rings is 1. The largest absolute Gasteiger partial charge is 0.480 e. The van der Waals surface area contributed by atoms with Gasteiger partial charge in [0.2, 0.25) is 0 Å². The highest BCUT2D eigenvalue weighted by Gasteiger charge is 2.31. The standard InChI is InChI=1S/C15H21NO4S/c1-3-21(19,20)13-6-4-12(5-7-13)16-9-8-11(2)10-14(16)15(17)18/h4-7,11,14H,3,8-10H2,1-2H3,(H,17,18). The fraction of sp³-hybridized carbons (Fsp3) is 0.533. The van der Waals surface area contributed by atoms with Crippen molar-refractivity contribution in [3.63, 3.8) is 0 Å². The second kappa shape index (κ2) is 6.05. The SMILES string of the molecule is CCS(=O)(=O)c1ccc(N2CCC(C)CC2C(=O)O)cc1. The quantitative estimate of drug-likeness (QED) is 0.922. The van der Waals surface area contributed by atoms with Gasteiger partial charge in [-0.1, -0.05) is 13.8 Å². The smallest absolute Gasteiger partial charge is 0.326 e. The minimum Gasteiger partial charge on any atom is -0.480 e. The van der Waals surface area contributed by atoms with Gasteiger partial charge in [-0.2, -0.15) is 0 Å². The molecule has 116 valence electrons. The van der Waals surface area contributed by atoms with Gasteiger partial charge in [0, 0.05) is 12.2 Å². The van der Waals surface area contributed by atoms with Crippen LogP contribution in [-0.4, -0.2) is 37.8 Å². The molecule has 1 heterocycles. The van der Waals surface area contributed by atoms with Crippen LogP contribution in [0, 0.1) is 5.92 Å². The number of nitrogens with zero attached hydrogens (tertiary/aromatic N) is 1. The van der Waals surface area contributed by atoms with Crippen molar-refractivity contribution in [3.05, 3.63) is 24.3 Å². The molecule has 6 heteroatoms. The van der Waals surface area contributed by atoms with Crippen LogP contribution in [0.2, 0.25) is 0 Å². The molecule has 1 saturated heterocycles. The molecule has 2 atom stereocenters. The highest BCUT2D eigenvalue weighted by atomic mass is 32.2. The number of hydrogen-bond donors (Lipinski definition) is 1. The molecule has 0 radical (unpaired) electrons. The van der Waals surface area contributed by atoms with Crippen molar-refractivity contribution in [1.29, 1.82) is 0 Å². The van der Waals surface area contributed by atoms with E-state index in [0.717, 1.165) is 12.1 Å². The Balaban J connectivity index is 2.27. The second-order valence-corrected chi connectivity index (χ2v) is 7.85. The van der Waals surface area contributed by atoms with E-state index in [0.29, 0.717) is 18.9 Å². The minimum absolute atomic E-state index is 0.0608. The fourth-order valence-corrected chi connectivity index (χ4v) is 3.58. The Labute approximate surface area is 125 Å². The van der Waals surface area contributed by atoms with Crippen LogP contribution >= 0.6 is 0 Å². The van der Waals surface area contributed by atoms with Gasteiger partial charge < -0.3 is 10.0 Å². The monoisotopic (exact) mass is 311 g/mol. The van der Waals surface area contributed by atoms with Crippen LogP contribution in [0.25, 0.3) is 0 Å². The highest BCUT2D eigenvalue weighted by Crippen LogP contribution is 2.29. The van der Waals surface area contributed by atoms with Crippen molar-refractivity contribution in [3.8, 4) is 0 Å². The minimum atomic E-state index is -3.22. The number of carboxylic acid groups (broad SMARTS) is 1. The van der Waals surface area contributed by atoms with Crippen molar-refractivity contribution in [2.75, 3.05) is 17.2 Å². The Bertz CT molecular complexity index is 609. The van der Waals surface area contributed by atoms with Crippen LogP contribution in [0.4, 0.5) is 5.69 Å². The lowest BCUT2D eigenvalue weighted by Gasteiger charge is -2.37. The molecule has 1 fully saturated rings. The van der Waals surface area contributed by atoms with Crippen molar-refractivity contribution in [1.82, 2.24) is 0 Å². The van der Waals surface area contributed by atoms with E-state index in [4.69, 9.17) is 0 Å². The zero-order valence-corrected chi connectivity index (χ0v) is 13.1. The number of sulfone groups is 1. The molecule has 5 nitrogen and oxygen atoms in total. The molecule has 0 amide bonds. The van der Waals surface area contributed by atoms with Gasteiger partial charge >= 0.3 is 5.97 Å². The molecular formula is C15H21NO4S. The third-order valence-electron chi connectivity index (χ3n) is 4.06. The predicted octanol–water partition coefficient (Wildman–Crippen LogP) is 2.17. The first kappa shape index (κ1) is 15.8. The lowest BCUT2D eigenvalue weighted by molar-refractivity contribution is -0.139. The molecule has 1 aromatic carbocycles. The highest BCUT2D eigenvalue weighted by molar-refractivity contribution is 7.91. The second-order valence-electron chi connectivity index (χ2n) is 5.57. The molecular weight excluding hydrogens is 290 g/mol. The maximum Gasteiger partial charge on any atom is 0.326 e. The molecule has 1 aromatic rings. The van der Waals surface area contributed by atoms with E-state index in [1.165, 1.54) is 0 Å². The third kappa shape index (κ3) is 3.37. The molecule has 2 rings (SSSR count). The molecule has 0 aromatic heterocycles. The molecule has 0 bridgehead atoms. The van der Waals surface area contributed by atoms with Gasteiger partial charge in [0.25, 0.3) is 0 Å². The van der Waals surface area contributed by atoms with Gasteiger partial charge in [0.05, 0.1) is 10.6 Å². The number of carbonyl (C=O) groups is 1. The van der Waals surface area contributed by atoms with Crippen LogP contribution < -0.4 is 4.90 Å². The molecule has 0 saturated carbocycles. The van der Waals surface area contributed by atoms with Crippen LogP contribution in [0.15, 0.2) is 29.2 Å². The Morgan fingerprint density at radius 2 is 1.95 bits per heavy atom. The average molecular weight is 311 g/mol. The maximum absolute atomic E-state index is 11.8. The number of rotatable bonds is 4. The Hall–Kier alpha value is -1.56. The molecule has 0 spiro atoms. The summed E-state index contributed by atoms with van der Waals surface area (Å²) < 4.78 is 23.6. The summed E-state index contributed by atoms with van der Waals surface area (Å²) in [5.74, 6) is -0.375. The van der Waals surface area contributed by atoms with Gasteiger partial charge in [0.15, 0.2) is 9.84 Å². The summed E-state index contributed by atoms with van der Waals surface area (Å²) in [4.78, 5) is 13.6. The maximum atomic E-state index is 11.8. The Kier molecular flexibility index (Phi) is 4.56. The first-order valence-corrected chi connectivity index (χ1v) is 8.82. The van der Waals surface area contributed by atoms with E-state index in [9.17, 15) is 18.3 Å². The molecule has 1 aliphatic rings.